The lowest BCUT2D eigenvalue weighted by atomic mass is 9.95. The van der Waals surface area contributed by atoms with Gasteiger partial charge >= 0.3 is 5.97 Å². The molecule has 0 saturated heterocycles. The van der Waals surface area contributed by atoms with Crippen molar-refractivity contribution in [1.82, 2.24) is 5.32 Å². The van der Waals surface area contributed by atoms with Gasteiger partial charge in [0.1, 0.15) is 11.3 Å². The van der Waals surface area contributed by atoms with Crippen LogP contribution in [0.4, 0.5) is 0 Å². The molecule has 90 valence electrons. The van der Waals surface area contributed by atoms with Crippen LogP contribution in [0.25, 0.3) is 0 Å². The monoisotopic (exact) mass is 233 g/mol. The summed E-state index contributed by atoms with van der Waals surface area (Å²) >= 11 is 0. The van der Waals surface area contributed by atoms with Crippen LogP contribution in [0, 0.1) is 0 Å². The van der Waals surface area contributed by atoms with Crippen LogP contribution in [0.3, 0.4) is 0 Å². The van der Waals surface area contributed by atoms with E-state index in [9.17, 15) is 4.79 Å². The Morgan fingerprint density at radius 1 is 1.47 bits per heavy atom. The van der Waals surface area contributed by atoms with Crippen molar-refractivity contribution in [3.05, 3.63) is 29.3 Å². The van der Waals surface area contributed by atoms with Gasteiger partial charge in [0.25, 0.3) is 0 Å². The lowest BCUT2D eigenvalue weighted by Gasteiger charge is -2.25. The number of hydrogen-bond donors (Lipinski definition) is 1. The highest BCUT2D eigenvalue weighted by molar-refractivity contribution is 5.88. The number of rotatable bonds is 2. The maximum Gasteiger partial charge on any atom is 0.326 e. The number of methoxy groups -OCH3 is 2. The Morgan fingerprint density at radius 3 is 3.00 bits per heavy atom. The van der Waals surface area contributed by atoms with Crippen molar-refractivity contribution in [2.75, 3.05) is 14.2 Å². The largest absolute Gasteiger partial charge is 0.496 e. The summed E-state index contributed by atoms with van der Waals surface area (Å²) in [6, 6.07) is 6.00. The molecule has 1 aliphatic heterocycles. The van der Waals surface area contributed by atoms with Crippen molar-refractivity contribution in [2.45, 2.75) is 24.4 Å². The van der Waals surface area contributed by atoms with Crippen LogP contribution in [0.1, 0.15) is 23.5 Å². The molecular weight excluding hydrogens is 218 g/mol. The van der Waals surface area contributed by atoms with Gasteiger partial charge < -0.3 is 9.47 Å². The van der Waals surface area contributed by atoms with Gasteiger partial charge in [0, 0.05) is 18.0 Å². The van der Waals surface area contributed by atoms with Crippen molar-refractivity contribution in [1.29, 1.82) is 0 Å². The van der Waals surface area contributed by atoms with E-state index >= 15 is 0 Å². The first kappa shape index (κ1) is 10.6. The number of nitrogens with one attached hydrogen (secondary N) is 1. The summed E-state index contributed by atoms with van der Waals surface area (Å²) in [5, 5.41) is 3.30. The number of esters is 1. The second kappa shape index (κ2) is 3.47. The number of hydrogen-bond acceptors (Lipinski definition) is 4. The summed E-state index contributed by atoms with van der Waals surface area (Å²) in [5.41, 5.74) is 1.88. The second-order valence-electron chi connectivity index (χ2n) is 4.61. The van der Waals surface area contributed by atoms with Gasteiger partial charge in [-0.3, -0.25) is 10.1 Å². The summed E-state index contributed by atoms with van der Waals surface area (Å²) in [6.45, 7) is 0.693. The zero-order valence-corrected chi connectivity index (χ0v) is 9.95. The summed E-state index contributed by atoms with van der Waals surface area (Å²) in [4.78, 5) is 11.8. The Labute approximate surface area is 99.9 Å². The second-order valence-corrected chi connectivity index (χ2v) is 4.61. The predicted molar refractivity (Wildman–Crippen MR) is 61.9 cm³/mol. The molecule has 1 aliphatic carbocycles. The molecule has 1 fully saturated rings. The van der Waals surface area contributed by atoms with Gasteiger partial charge in [0.15, 0.2) is 0 Å². The maximum atomic E-state index is 11.8. The van der Waals surface area contributed by atoms with Crippen molar-refractivity contribution in [3.63, 3.8) is 0 Å². The standard InChI is InChI=1S/C13H15NO3/c1-16-10-5-3-4-8-7-14-13(12(15)17-2)6-9(13)11(8)10/h3-5,9,14H,6-7H2,1-2H3. The molecule has 4 nitrogen and oxygen atoms in total. The van der Waals surface area contributed by atoms with Gasteiger partial charge in [0.2, 0.25) is 0 Å². The highest BCUT2D eigenvalue weighted by atomic mass is 16.5. The van der Waals surface area contributed by atoms with E-state index in [4.69, 9.17) is 9.47 Å². The smallest absolute Gasteiger partial charge is 0.326 e. The lowest BCUT2D eigenvalue weighted by Crippen LogP contribution is -2.43. The van der Waals surface area contributed by atoms with Gasteiger partial charge in [-0.15, -0.1) is 0 Å². The molecule has 0 spiro atoms. The minimum atomic E-state index is -0.504. The first-order valence-corrected chi connectivity index (χ1v) is 5.72. The van der Waals surface area contributed by atoms with E-state index in [0.29, 0.717) is 6.54 Å². The molecule has 2 unspecified atom stereocenters. The first-order valence-electron chi connectivity index (χ1n) is 5.72. The Balaban J connectivity index is 2.03. The van der Waals surface area contributed by atoms with E-state index in [1.54, 1.807) is 7.11 Å². The van der Waals surface area contributed by atoms with E-state index < -0.39 is 5.54 Å². The fraction of sp³-hybridized carbons (Fsp3) is 0.462. The SMILES string of the molecule is COC(=O)C12CC1c1c(cccc1OC)CN2. The highest BCUT2D eigenvalue weighted by Crippen LogP contribution is 2.57. The van der Waals surface area contributed by atoms with Gasteiger partial charge in [0.05, 0.1) is 14.2 Å². The van der Waals surface area contributed by atoms with Crippen molar-refractivity contribution >= 4 is 5.97 Å². The average Bonchev–Trinajstić information content (AvgIpc) is 3.13. The fourth-order valence-corrected chi connectivity index (χ4v) is 2.86. The third kappa shape index (κ3) is 1.30. The molecule has 1 saturated carbocycles. The molecule has 0 radical (unpaired) electrons. The van der Waals surface area contributed by atoms with E-state index in [1.807, 2.05) is 12.1 Å². The molecule has 1 N–H and O–H groups in total. The number of carbonyl (C=O) groups is 1. The van der Waals surface area contributed by atoms with Crippen molar-refractivity contribution in [3.8, 4) is 5.75 Å². The Bertz CT molecular complexity index is 471. The number of fused-ring (bicyclic) bond motifs is 3. The van der Waals surface area contributed by atoms with Gasteiger partial charge in [-0.1, -0.05) is 12.1 Å². The zero-order chi connectivity index (χ0) is 12.0. The quantitative estimate of drug-likeness (QED) is 0.780. The fourth-order valence-electron chi connectivity index (χ4n) is 2.86. The molecule has 17 heavy (non-hydrogen) atoms. The Morgan fingerprint density at radius 2 is 2.29 bits per heavy atom. The van der Waals surface area contributed by atoms with E-state index in [2.05, 4.69) is 11.4 Å². The molecule has 2 aliphatic rings. The lowest BCUT2D eigenvalue weighted by molar-refractivity contribution is -0.144. The highest BCUT2D eigenvalue weighted by Gasteiger charge is 2.64. The van der Waals surface area contributed by atoms with Crippen LogP contribution in [0.15, 0.2) is 18.2 Å². The van der Waals surface area contributed by atoms with Gasteiger partial charge in [-0.2, -0.15) is 0 Å². The molecule has 1 aromatic carbocycles. The minimum absolute atomic E-state index is 0.168. The molecular formula is C13H15NO3. The molecule has 1 heterocycles. The summed E-state index contributed by atoms with van der Waals surface area (Å²) < 4.78 is 10.3. The van der Waals surface area contributed by atoms with Crippen LogP contribution in [-0.2, 0) is 16.1 Å². The summed E-state index contributed by atoms with van der Waals surface area (Å²) in [5.74, 6) is 0.897. The van der Waals surface area contributed by atoms with Crippen LogP contribution in [-0.4, -0.2) is 25.7 Å². The summed E-state index contributed by atoms with van der Waals surface area (Å²) in [6.07, 6.45) is 0.799. The van der Waals surface area contributed by atoms with Crippen molar-refractivity contribution in [2.24, 2.45) is 0 Å². The van der Waals surface area contributed by atoms with Crippen LogP contribution >= 0.6 is 0 Å². The maximum absolute atomic E-state index is 11.8. The number of carbonyl (C=O) groups excluding carboxylic acids is 1. The Kier molecular flexibility index (Phi) is 2.16. The van der Waals surface area contributed by atoms with Crippen LogP contribution in [0.2, 0.25) is 0 Å². The average molecular weight is 233 g/mol. The molecule has 0 bridgehead atoms. The Hall–Kier alpha value is -1.55. The van der Waals surface area contributed by atoms with Crippen molar-refractivity contribution < 1.29 is 14.3 Å². The molecule has 3 rings (SSSR count). The number of benzene rings is 1. The molecule has 2 atom stereocenters. The molecule has 4 heteroatoms. The van der Waals surface area contributed by atoms with E-state index in [0.717, 1.165) is 12.2 Å². The first-order chi connectivity index (χ1) is 8.23. The van der Waals surface area contributed by atoms with E-state index in [-0.39, 0.29) is 11.9 Å². The van der Waals surface area contributed by atoms with Gasteiger partial charge in [-0.25, -0.2) is 0 Å². The normalized spacial score (nSPS) is 28.9. The number of ether oxygens (including phenoxy) is 2. The topological polar surface area (TPSA) is 47.6 Å². The van der Waals surface area contributed by atoms with Gasteiger partial charge in [-0.05, 0) is 18.1 Å². The third-order valence-electron chi connectivity index (χ3n) is 3.83. The van der Waals surface area contributed by atoms with Crippen LogP contribution < -0.4 is 10.1 Å². The molecule has 0 amide bonds. The van der Waals surface area contributed by atoms with E-state index in [1.165, 1.54) is 18.2 Å². The third-order valence-corrected chi connectivity index (χ3v) is 3.83. The minimum Gasteiger partial charge on any atom is -0.496 e. The predicted octanol–water partition coefficient (Wildman–Crippen LogP) is 1.20. The molecule has 0 aromatic heterocycles. The zero-order valence-electron chi connectivity index (χ0n) is 9.95. The molecule has 1 aromatic rings. The van der Waals surface area contributed by atoms with Crippen LogP contribution in [0.5, 0.6) is 5.75 Å². The summed E-state index contributed by atoms with van der Waals surface area (Å²) in [7, 11) is 3.10.